The number of ether oxygens (including phenoxy) is 2. The van der Waals surface area contributed by atoms with Gasteiger partial charge in [0.05, 0.1) is 5.66 Å². The number of hydrogen-bond donors (Lipinski definition) is 2. The van der Waals surface area contributed by atoms with Crippen molar-refractivity contribution in [2.45, 2.75) is 44.0 Å². The van der Waals surface area contributed by atoms with Gasteiger partial charge in [0.25, 0.3) is 0 Å². The third-order valence-corrected chi connectivity index (χ3v) is 7.22. The molecule has 1 aromatic carbocycles. The fourth-order valence-electron chi connectivity index (χ4n) is 3.01. The molecule has 0 aliphatic carbocycles. The highest BCUT2D eigenvalue weighted by Crippen LogP contribution is 2.53. The van der Waals surface area contributed by atoms with Gasteiger partial charge in [-0.1, -0.05) is 25.1 Å². The highest BCUT2D eigenvalue weighted by molar-refractivity contribution is 7.67. The molecule has 1 aromatic rings. The molecule has 1 aliphatic heterocycles. The minimum atomic E-state index is -3.28. The molecule has 1 saturated heterocycles. The van der Waals surface area contributed by atoms with Crippen LogP contribution in [0.1, 0.15) is 13.8 Å². The summed E-state index contributed by atoms with van der Waals surface area (Å²) in [4.78, 5) is 11.3. The second-order valence-corrected chi connectivity index (χ2v) is 8.67. The topological polar surface area (TPSA) is 94.1 Å². The lowest BCUT2D eigenvalue weighted by atomic mass is 10.1. The molecule has 3 unspecified atom stereocenters. The van der Waals surface area contributed by atoms with Gasteiger partial charge < -0.3 is 24.4 Å². The third kappa shape index (κ3) is 3.55. The monoisotopic (exact) mass is 357 g/mol. The van der Waals surface area contributed by atoms with Gasteiger partial charge >= 0.3 is 0 Å². The van der Waals surface area contributed by atoms with Gasteiger partial charge in [-0.2, -0.15) is 0 Å². The summed E-state index contributed by atoms with van der Waals surface area (Å²) in [5.41, 5.74) is -0.628. The van der Waals surface area contributed by atoms with Crippen molar-refractivity contribution in [2.75, 3.05) is 14.2 Å². The van der Waals surface area contributed by atoms with Gasteiger partial charge in [0.15, 0.2) is 6.29 Å². The molecule has 134 valence electrons. The lowest BCUT2D eigenvalue weighted by Gasteiger charge is -2.29. The molecule has 0 saturated carbocycles. The van der Waals surface area contributed by atoms with Gasteiger partial charge in [0.1, 0.15) is 18.2 Å². The van der Waals surface area contributed by atoms with Crippen molar-refractivity contribution in [1.29, 1.82) is 0 Å². The Kier molecular flexibility index (Phi) is 6.17. The number of carbonyl (C=O) groups excluding carboxylic acids is 1. The molecule has 1 heterocycles. The summed E-state index contributed by atoms with van der Waals surface area (Å²) < 4.78 is 29.7. The van der Waals surface area contributed by atoms with Gasteiger partial charge in [0.2, 0.25) is 13.3 Å². The summed E-state index contributed by atoms with van der Waals surface area (Å²) in [6.45, 7) is 3.05. The third-order valence-electron chi connectivity index (χ3n) is 4.29. The molecule has 7 nitrogen and oxygen atoms in total. The molecular weight excluding hydrogens is 333 g/mol. The van der Waals surface area contributed by atoms with E-state index in [4.69, 9.17) is 14.0 Å². The predicted octanol–water partition coefficient (Wildman–Crippen LogP) is 0.862. The number of aliphatic hydroxyl groups excluding tert-OH is 1. The van der Waals surface area contributed by atoms with E-state index < -0.39 is 37.6 Å². The second-order valence-electron chi connectivity index (χ2n) is 5.78. The molecule has 8 heteroatoms. The van der Waals surface area contributed by atoms with Crippen LogP contribution in [0.25, 0.3) is 0 Å². The molecule has 1 aliphatic rings. The minimum Gasteiger partial charge on any atom is -0.388 e. The van der Waals surface area contributed by atoms with Gasteiger partial charge in [-0.3, -0.25) is 9.36 Å². The van der Waals surface area contributed by atoms with E-state index >= 15 is 0 Å². The van der Waals surface area contributed by atoms with E-state index in [1.807, 2.05) is 6.07 Å². The van der Waals surface area contributed by atoms with Crippen LogP contribution in [-0.4, -0.2) is 55.4 Å². The summed E-state index contributed by atoms with van der Waals surface area (Å²) in [6, 6.07) is 8.09. The Hall–Kier alpha value is -1.24. The summed E-state index contributed by atoms with van der Waals surface area (Å²) >= 11 is 0. The SMILES string of the molecule is COC1O[C@H](C(C)P(=O)(OC)c2ccccc2)[C@@H](O)[C@@H]1NC(C)=O. The average Bonchev–Trinajstić information content (AvgIpc) is 2.89. The first-order chi connectivity index (χ1) is 11.3. The maximum absolute atomic E-state index is 13.4. The molecule has 24 heavy (non-hydrogen) atoms. The van der Waals surface area contributed by atoms with Gasteiger partial charge in [0, 0.05) is 26.4 Å². The Labute approximate surface area is 141 Å². The van der Waals surface area contributed by atoms with Gasteiger partial charge in [-0.05, 0) is 12.1 Å². The molecular formula is C16H24NO6P. The van der Waals surface area contributed by atoms with Crippen LogP contribution in [0.3, 0.4) is 0 Å². The molecule has 0 aromatic heterocycles. The molecule has 1 fully saturated rings. The zero-order valence-electron chi connectivity index (χ0n) is 14.2. The van der Waals surface area contributed by atoms with Crippen LogP contribution in [-0.2, 0) is 23.4 Å². The van der Waals surface area contributed by atoms with Gasteiger partial charge in [-0.15, -0.1) is 0 Å². The van der Waals surface area contributed by atoms with E-state index in [0.29, 0.717) is 5.30 Å². The maximum Gasteiger partial charge on any atom is 0.237 e. The number of benzene rings is 1. The maximum atomic E-state index is 13.4. The van der Waals surface area contributed by atoms with Crippen molar-refractivity contribution >= 4 is 18.6 Å². The second kappa shape index (κ2) is 7.76. The number of hydrogen-bond acceptors (Lipinski definition) is 6. The Balaban J connectivity index is 2.29. The predicted molar refractivity (Wildman–Crippen MR) is 89.4 cm³/mol. The van der Waals surface area contributed by atoms with Crippen LogP contribution in [0.2, 0.25) is 0 Å². The molecule has 2 N–H and O–H groups in total. The van der Waals surface area contributed by atoms with Crippen LogP contribution in [0.5, 0.6) is 0 Å². The highest BCUT2D eigenvalue weighted by Gasteiger charge is 2.51. The summed E-state index contributed by atoms with van der Waals surface area (Å²) in [5, 5.41) is 13.7. The fourth-order valence-corrected chi connectivity index (χ4v) is 5.25. The van der Waals surface area contributed by atoms with E-state index in [2.05, 4.69) is 5.32 Å². The van der Waals surface area contributed by atoms with Crippen molar-refractivity contribution in [3.05, 3.63) is 30.3 Å². The van der Waals surface area contributed by atoms with Crippen LogP contribution in [0, 0.1) is 0 Å². The van der Waals surface area contributed by atoms with E-state index in [0.717, 1.165) is 0 Å². The summed E-state index contributed by atoms with van der Waals surface area (Å²) in [5.74, 6) is -0.309. The van der Waals surface area contributed by atoms with Crippen molar-refractivity contribution < 1.29 is 28.5 Å². The fraction of sp³-hybridized carbons (Fsp3) is 0.562. The lowest BCUT2D eigenvalue weighted by Crippen LogP contribution is -2.48. The normalized spacial score (nSPS) is 30.5. The first-order valence-electron chi connectivity index (χ1n) is 7.69. The van der Waals surface area contributed by atoms with Crippen LogP contribution in [0.4, 0.5) is 0 Å². The number of amides is 1. The Bertz CT molecular complexity index is 610. The largest absolute Gasteiger partial charge is 0.388 e. The van der Waals surface area contributed by atoms with Crippen molar-refractivity contribution in [1.82, 2.24) is 5.32 Å². The number of rotatable bonds is 6. The van der Waals surface area contributed by atoms with Crippen LogP contribution in [0.15, 0.2) is 30.3 Å². The lowest BCUT2D eigenvalue weighted by molar-refractivity contribution is -0.133. The minimum absolute atomic E-state index is 0.309. The van der Waals surface area contributed by atoms with Crippen molar-refractivity contribution in [2.24, 2.45) is 0 Å². The summed E-state index contributed by atoms with van der Waals surface area (Å²) in [6.07, 6.45) is -2.70. The molecule has 6 atom stereocenters. The molecule has 0 bridgehead atoms. The Morgan fingerprint density at radius 3 is 2.46 bits per heavy atom. The van der Waals surface area contributed by atoms with Crippen LogP contribution < -0.4 is 10.6 Å². The first-order valence-corrected chi connectivity index (χ1v) is 9.39. The molecule has 0 radical (unpaired) electrons. The van der Waals surface area contributed by atoms with E-state index in [9.17, 15) is 14.5 Å². The standard InChI is InChI=1S/C16H24NO6P/c1-10(24(20,22-4)12-8-6-5-7-9-12)15-14(19)13(17-11(2)18)16(21-3)23-15/h5-10,13-16,19H,1-4H3,(H,17,18)/t10?,13-,14-,15+,16?,24?/m0/s1. The van der Waals surface area contributed by atoms with Crippen molar-refractivity contribution in [3.8, 4) is 0 Å². The Morgan fingerprint density at radius 1 is 1.33 bits per heavy atom. The van der Waals surface area contributed by atoms with Crippen molar-refractivity contribution in [3.63, 3.8) is 0 Å². The molecule has 1 amide bonds. The van der Waals surface area contributed by atoms with Gasteiger partial charge in [-0.25, -0.2) is 0 Å². The zero-order valence-corrected chi connectivity index (χ0v) is 15.1. The van der Waals surface area contributed by atoms with Crippen LogP contribution >= 0.6 is 7.37 Å². The Morgan fingerprint density at radius 2 is 1.96 bits per heavy atom. The zero-order chi connectivity index (χ0) is 17.9. The number of aliphatic hydroxyl groups is 1. The first kappa shape index (κ1) is 19.1. The average molecular weight is 357 g/mol. The number of methoxy groups -OCH3 is 1. The van der Waals surface area contributed by atoms with E-state index in [1.54, 1.807) is 31.2 Å². The smallest absolute Gasteiger partial charge is 0.237 e. The van der Waals surface area contributed by atoms with E-state index in [1.165, 1.54) is 21.1 Å². The highest BCUT2D eigenvalue weighted by atomic mass is 31.2. The summed E-state index contributed by atoms with van der Waals surface area (Å²) in [7, 11) is -0.479. The molecule has 2 rings (SSSR count). The number of carbonyl (C=O) groups is 1. The molecule has 0 spiro atoms. The quantitative estimate of drug-likeness (QED) is 0.734. The number of nitrogens with one attached hydrogen (secondary N) is 1. The van der Waals surface area contributed by atoms with E-state index in [-0.39, 0.29) is 5.91 Å².